The molecule has 1 unspecified atom stereocenters. The van der Waals surface area contributed by atoms with Crippen LogP contribution >= 0.6 is 0 Å². The van der Waals surface area contributed by atoms with Gasteiger partial charge in [0.1, 0.15) is 6.61 Å². The van der Waals surface area contributed by atoms with Gasteiger partial charge in [-0.25, -0.2) is 0 Å². The highest BCUT2D eigenvalue weighted by molar-refractivity contribution is 5.66. The van der Waals surface area contributed by atoms with E-state index in [0.29, 0.717) is 17.9 Å². The van der Waals surface area contributed by atoms with Gasteiger partial charge < -0.3 is 4.74 Å². The second-order valence-electron chi connectivity index (χ2n) is 7.33. The zero-order chi connectivity index (χ0) is 18.2. The number of carbonyl (C=O) groups is 1. The molecule has 1 aliphatic rings. The standard InChI is InChI=1S/C22H32O2/c1-17(9-7-10-18(2)14-16-24-20(4)23)12-13-21-19(3)11-8-15-22(21,5)6/h7,9-14,21H,8,15-16H2,1-6H3/b10-7+,13-12+,17-9+,18-14+. The Morgan fingerprint density at radius 2 is 1.96 bits per heavy atom. The maximum absolute atomic E-state index is 10.7. The van der Waals surface area contributed by atoms with Gasteiger partial charge in [-0.1, -0.05) is 67.0 Å². The number of rotatable bonds is 6. The predicted octanol–water partition coefficient (Wildman–Crippen LogP) is 5.94. The highest BCUT2D eigenvalue weighted by atomic mass is 16.5. The van der Waals surface area contributed by atoms with Crippen molar-refractivity contribution < 1.29 is 9.53 Å². The van der Waals surface area contributed by atoms with E-state index in [2.05, 4.69) is 52.0 Å². The van der Waals surface area contributed by atoms with Crippen LogP contribution in [0.25, 0.3) is 0 Å². The monoisotopic (exact) mass is 328 g/mol. The third kappa shape index (κ3) is 7.16. The van der Waals surface area contributed by atoms with Crippen molar-refractivity contribution in [3.63, 3.8) is 0 Å². The highest BCUT2D eigenvalue weighted by Crippen LogP contribution is 2.41. The molecule has 24 heavy (non-hydrogen) atoms. The Morgan fingerprint density at radius 1 is 1.25 bits per heavy atom. The molecule has 0 saturated heterocycles. The third-order valence-electron chi connectivity index (χ3n) is 4.55. The van der Waals surface area contributed by atoms with E-state index in [9.17, 15) is 4.79 Å². The van der Waals surface area contributed by atoms with E-state index < -0.39 is 0 Å². The number of carbonyl (C=O) groups excluding carboxylic acids is 1. The molecule has 0 aromatic rings. The second-order valence-corrected chi connectivity index (χ2v) is 7.33. The van der Waals surface area contributed by atoms with Crippen LogP contribution in [-0.4, -0.2) is 12.6 Å². The summed E-state index contributed by atoms with van der Waals surface area (Å²) in [6.45, 7) is 12.8. The molecule has 2 heteroatoms. The van der Waals surface area contributed by atoms with Crippen LogP contribution in [0.15, 0.2) is 59.3 Å². The van der Waals surface area contributed by atoms with E-state index in [0.717, 1.165) is 5.57 Å². The minimum atomic E-state index is -0.251. The van der Waals surface area contributed by atoms with Crippen LogP contribution in [-0.2, 0) is 9.53 Å². The fraction of sp³-hybridized carbons (Fsp3) is 0.500. The van der Waals surface area contributed by atoms with Crippen molar-refractivity contribution in [2.75, 3.05) is 6.61 Å². The van der Waals surface area contributed by atoms with Crippen molar-refractivity contribution in [1.82, 2.24) is 0 Å². The highest BCUT2D eigenvalue weighted by Gasteiger charge is 2.30. The van der Waals surface area contributed by atoms with Gasteiger partial charge in [0.2, 0.25) is 0 Å². The third-order valence-corrected chi connectivity index (χ3v) is 4.55. The Morgan fingerprint density at radius 3 is 2.58 bits per heavy atom. The van der Waals surface area contributed by atoms with E-state index in [-0.39, 0.29) is 5.97 Å². The van der Waals surface area contributed by atoms with Gasteiger partial charge in [0.25, 0.3) is 0 Å². The van der Waals surface area contributed by atoms with Crippen molar-refractivity contribution >= 4 is 5.97 Å². The van der Waals surface area contributed by atoms with E-state index in [1.54, 1.807) is 0 Å². The topological polar surface area (TPSA) is 26.3 Å². The van der Waals surface area contributed by atoms with Crippen LogP contribution in [0.3, 0.4) is 0 Å². The lowest BCUT2D eigenvalue weighted by Crippen LogP contribution is -2.26. The maximum Gasteiger partial charge on any atom is 0.302 e. The van der Waals surface area contributed by atoms with Gasteiger partial charge in [-0.3, -0.25) is 4.79 Å². The van der Waals surface area contributed by atoms with Gasteiger partial charge in [-0.05, 0) is 45.1 Å². The van der Waals surface area contributed by atoms with Gasteiger partial charge in [-0.2, -0.15) is 0 Å². The first kappa shape index (κ1) is 20.2. The number of esters is 1. The summed E-state index contributed by atoms with van der Waals surface area (Å²) in [4.78, 5) is 10.7. The fourth-order valence-corrected chi connectivity index (χ4v) is 3.00. The van der Waals surface area contributed by atoms with E-state index in [1.165, 1.54) is 30.9 Å². The minimum absolute atomic E-state index is 0.251. The molecule has 1 rings (SSSR count). The molecule has 0 aromatic carbocycles. The Kier molecular flexibility index (Phi) is 7.97. The first-order valence-corrected chi connectivity index (χ1v) is 8.72. The number of hydrogen-bond acceptors (Lipinski definition) is 2. The average molecular weight is 328 g/mol. The summed E-state index contributed by atoms with van der Waals surface area (Å²) >= 11 is 0. The molecule has 0 saturated carbocycles. The number of allylic oxidation sites excluding steroid dienone is 9. The number of hydrogen-bond donors (Lipinski definition) is 0. The molecular weight excluding hydrogens is 296 g/mol. The van der Waals surface area contributed by atoms with E-state index >= 15 is 0 Å². The zero-order valence-electron chi connectivity index (χ0n) is 16.1. The zero-order valence-corrected chi connectivity index (χ0v) is 16.1. The predicted molar refractivity (Wildman–Crippen MR) is 103 cm³/mol. The summed E-state index contributed by atoms with van der Waals surface area (Å²) in [5.41, 5.74) is 4.13. The largest absolute Gasteiger partial charge is 0.462 e. The lowest BCUT2D eigenvalue weighted by atomic mass is 9.68. The molecule has 0 amide bonds. The SMILES string of the molecule is CC(=O)OC/C=C(C)/C=C/C=C(C)/C=C/C1C(C)=CCCC1(C)C. The molecule has 0 N–H and O–H groups in total. The molecule has 0 heterocycles. The van der Waals surface area contributed by atoms with Crippen LogP contribution in [0, 0.1) is 11.3 Å². The summed E-state index contributed by atoms with van der Waals surface area (Å²) in [6.07, 6.45) is 17.4. The lowest BCUT2D eigenvalue weighted by Gasteiger charge is -2.36. The first-order valence-electron chi connectivity index (χ1n) is 8.72. The summed E-state index contributed by atoms with van der Waals surface area (Å²) in [7, 11) is 0. The van der Waals surface area contributed by atoms with Crippen LogP contribution in [0.4, 0.5) is 0 Å². The van der Waals surface area contributed by atoms with E-state index in [4.69, 9.17) is 4.74 Å². The molecule has 2 nitrogen and oxygen atoms in total. The van der Waals surface area contributed by atoms with Crippen LogP contribution in [0.5, 0.6) is 0 Å². The molecule has 0 spiro atoms. The maximum atomic E-state index is 10.7. The van der Waals surface area contributed by atoms with Crippen molar-refractivity contribution in [2.24, 2.45) is 11.3 Å². The van der Waals surface area contributed by atoms with Crippen LogP contribution in [0.2, 0.25) is 0 Å². The van der Waals surface area contributed by atoms with Gasteiger partial charge in [0.15, 0.2) is 0 Å². The van der Waals surface area contributed by atoms with E-state index in [1.807, 2.05) is 25.2 Å². The molecule has 132 valence electrons. The van der Waals surface area contributed by atoms with Gasteiger partial charge in [-0.15, -0.1) is 0 Å². The molecule has 0 radical (unpaired) electrons. The minimum Gasteiger partial charge on any atom is -0.462 e. The number of ether oxygens (including phenoxy) is 1. The summed E-state index contributed by atoms with van der Waals surface area (Å²) in [5.74, 6) is 0.267. The molecule has 0 aromatic heterocycles. The van der Waals surface area contributed by atoms with Crippen LogP contribution in [0.1, 0.15) is 54.4 Å². The Labute approximate surface area is 147 Å². The molecule has 1 aliphatic carbocycles. The van der Waals surface area contributed by atoms with Crippen LogP contribution < -0.4 is 0 Å². The first-order chi connectivity index (χ1) is 11.2. The second kappa shape index (κ2) is 9.46. The summed E-state index contributed by atoms with van der Waals surface area (Å²) in [5, 5.41) is 0. The lowest BCUT2D eigenvalue weighted by molar-refractivity contribution is -0.139. The van der Waals surface area contributed by atoms with Crippen molar-refractivity contribution in [2.45, 2.75) is 54.4 Å². The molecular formula is C22H32O2. The Bertz CT molecular complexity index is 583. The van der Waals surface area contributed by atoms with Crippen molar-refractivity contribution in [1.29, 1.82) is 0 Å². The van der Waals surface area contributed by atoms with Gasteiger partial charge >= 0.3 is 5.97 Å². The fourth-order valence-electron chi connectivity index (χ4n) is 3.00. The molecule has 1 atom stereocenters. The van der Waals surface area contributed by atoms with Crippen molar-refractivity contribution in [3.8, 4) is 0 Å². The molecule has 0 fully saturated rings. The molecule has 0 bridgehead atoms. The summed E-state index contributed by atoms with van der Waals surface area (Å²) < 4.78 is 4.89. The quantitative estimate of drug-likeness (QED) is 0.343. The van der Waals surface area contributed by atoms with Gasteiger partial charge in [0, 0.05) is 12.8 Å². The normalized spacial score (nSPS) is 22.1. The average Bonchev–Trinajstić information content (AvgIpc) is 2.45. The Balaban J connectivity index is 2.63. The van der Waals surface area contributed by atoms with Gasteiger partial charge in [0.05, 0.1) is 0 Å². The molecule has 0 aliphatic heterocycles. The Hall–Kier alpha value is -1.83. The van der Waals surface area contributed by atoms with Crippen molar-refractivity contribution in [3.05, 3.63) is 59.3 Å². The smallest absolute Gasteiger partial charge is 0.302 e. The summed E-state index contributed by atoms with van der Waals surface area (Å²) in [6, 6.07) is 0.